The molecular weight excluding hydrogens is 335 g/mol. The Balaban J connectivity index is 1.98. The van der Waals surface area contributed by atoms with E-state index in [4.69, 9.17) is 10.2 Å². The molecule has 0 radical (unpaired) electrons. The summed E-state index contributed by atoms with van der Waals surface area (Å²) in [6.07, 6.45) is -4.45. The molecule has 3 aromatic rings. The van der Waals surface area contributed by atoms with Crippen LogP contribution in [-0.2, 0) is 6.18 Å². The molecule has 3 N–H and O–H groups in total. The second kappa shape index (κ2) is 5.35. The molecule has 1 aliphatic rings. The molecule has 25 heavy (non-hydrogen) atoms. The molecule has 1 aliphatic heterocycles. The average Bonchev–Trinajstić information content (AvgIpc) is 2.92. The van der Waals surface area contributed by atoms with Crippen molar-refractivity contribution in [3.63, 3.8) is 0 Å². The molecule has 1 saturated heterocycles. The van der Waals surface area contributed by atoms with Gasteiger partial charge in [-0.05, 0) is 18.2 Å². The number of nitrogen functional groups attached to an aromatic ring is 1. The monoisotopic (exact) mass is 349 g/mol. The number of hydrogen-bond acceptors (Lipinski definition) is 6. The lowest BCUT2D eigenvalue weighted by atomic mass is 10.1. The van der Waals surface area contributed by atoms with Crippen LogP contribution in [0, 0.1) is 0 Å². The molecule has 9 heteroatoms. The van der Waals surface area contributed by atoms with Gasteiger partial charge < -0.3 is 20.4 Å². The van der Waals surface area contributed by atoms with Crippen molar-refractivity contribution in [2.24, 2.45) is 0 Å². The van der Waals surface area contributed by atoms with Crippen molar-refractivity contribution in [2.45, 2.75) is 6.18 Å². The maximum absolute atomic E-state index is 13.0. The molecule has 0 spiro atoms. The fourth-order valence-electron chi connectivity index (χ4n) is 2.94. The molecule has 1 fully saturated rings. The summed E-state index contributed by atoms with van der Waals surface area (Å²) in [7, 11) is 0. The van der Waals surface area contributed by atoms with E-state index in [1.165, 1.54) is 6.07 Å². The largest absolute Gasteiger partial charge is 0.450 e. The van der Waals surface area contributed by atoms with E-state index in [-0.39, 0.29) is 16.9 Å². The van der Waals surface area contributed by atoms with Gasteiger partial charge in [0.15, 0.2) is 11.4 Å². The summed E-state index contributed by atoms with van der Waals surface area (Å²) in [5.41, 5.74) is 6.64. The second-order valence-electron chi connectivity index (χ2n) is 5.79. The van der Waals surface area contributed by atoms with Gasteiger partial charge in [-0.25, -0.2) is 4.98 Å². The van der Waals surface area contributed by atoms with Gasteiger partial charge in [-0.15, -0.1) is 0 Å². The van der Waals surface area contributed by atoms with Crippen LogP contribution in [0.1, 0.15) is 5.56 Å². The zero-order valence-corrected chi connectivity index (χ0v) is 13.0. The molecule has 2 aromatic heterocycles. The van der Waals surface area contributed by atoms with E-state index in [0.29, 0.717) is 36.6 Å². The van der Waals surface area contributed by atoms with Crippen molar-refractivity contribution in [2.75, 3.05) is 30.3 Å². The van der Waals surface area contributed by atoms with Gasteiger partial charge in [0.2, 0.25) is 5.95 Å². The SMILES string of the molecule is C=C1CNCCN1c1nc(N)nc2c1oc1ccc(C(F)(F)F)cc12. The smallest absolute Gasteiger partial charge is 0.416 e. The van der Waals surface area contributed by atoms with Crippen LogP contribution in [0.25, 0.3) is 22.1 Å². The zero-order valence-electron chi connectivity index (χ0n) is 13.0. The van der Waals surface area contributed by atoms with Crippen molar-refractivity contribution in [1.29, 1.82) is 0 Å². The van der Waals surface area contributed by atoms with Crippen molar-refractivity contribution in [3.05, 3.63) is 36.0 Å². The van der Waals surface area contributed by atoms with E-state index in [1.54, 1.807) is 0 Å². The fraction of sp³-hybridized carbons (Fsp3) is 0.250. The molecular formula is C16H14F3N5O. The second-order valence-corrected chi connectivity index (χ2v) is 5.79. The number of rotatable bonds is 1. The maximum Gasteiger partial charge on any atom is 0.416 e. The standard InChI is InChI=1S/C16H14F3N5O/c1-8-7-21-4-5-24(8)14-13-12(22-15(20)23-14)10-6-9(16(17,18)19)2-3-11(10)25-13/h2-3,6,21H,1,4-5,7H2,(H2,20,22,23). The molecule has 130 valence electrons. The van der Waals surface area contributed by atoms with Crippen LogP contribution < -0.4 is 16.0 Å². The summed E-state index contributed by atoms with van der Waals surface area (Å²) in [4.78, 5) is 10.2. The number of benzene rings is 1. The number of fused-ring (bicyclic) bond motifs is 3. The van der Waals surface area contributed by atoms with E-state index in [9.17, 15) is 13.2 Å². The predicted octanol–water partition coefficient (Wildman–Crippen LogP) is 2.90. The van der Waals surface area contributed by atoms with Gasteiger partial charge in [0, 0.05) is 30.7 Å². The van der Waals surface area contributed by atoms with Crippen molar-refractivity contribution in [3.8, 4) is 0 Å². The summed E-state index contributed by atoms with van der Waals surface area (Å²) in [6.45, 7) is 5.86. The molecule has 0 unspecified atom stereocenters. The minimum absolute atomic E-state index is 0.0334. The van der Waals surface area contributed by atoms with E-state index in [1.807, 2.05) is 4.90 Å². The van der Waals surface area contributed by atoms with E-state index in [2.05, 4.69) is 21.9 Å². The minimum Gasteiger partial charge on any atom is -0.450 e. The average molecular weight is 349 g/mol. The molecule has 0 aliphatic carbocycles. The lowest BCUT2D eigenvalue weighted by Crippen LogP contribution is -2.41. The summed E-state index contributed by atoms with van der Waals surface area (Å²) in [5.74, 6) is 0.382. The molecule has 3 heterocycles. The van der Waals surface area contributed by atoms with E-state index in [0.717, 1.165) is 17.8 Å². The summed E-state index contributed by atoms with van der Waals surface area (Å²) in [6, 6.07) is 3.28. The van der Waals surface area contributed by atoms with Crippen LogP contribution in [-0.4, -0.2) is 29.6 Å². The number of halogens is 3. The predicted molar refractivity (Wildman–Crippen MR) is 88.1 cm³/mol. The van der Waals surface area contributed by atoms with Gasteiger partial charge in [0.25, 0.3) is 0 Å². The minimum atomic E-state index is -4.45. The van der Waals surface area contributed by atoms with Gasteiger partial charge in [-0.2, -0.15) is 18.2 Å². The molecule has 1 aromatic carbocycles. The number of piperazine rings is 1. The van der Waals surface area contributed by atoms with Crippen LogP contribution in [0.4, 0.5) is 24.9 Å². The van der Waals surface area contributed by atoms with Crippen molar-refractivity contribution in [1.82, 2.24) is 15.3 Å². The van der Waals surface area contributed by atoms with Crippen molar-refractivity contribution < 1.29 is 17.6 Å². The van der Waals surface area contributed by atoms with Crippen LogP contribution >= 0.6 is 0 Å². The number of nitrogens with zero attached hydrogens (tertiary/aromatic N) is 3. The summed E-state index contributed by atoms with van der Waals surface area (Å²) < 4.78 is 44.8. The van der Waals surface area contributed by atoms with Crippen molar-refractivity contribution >= 4 is 33.8 Å². The first-order valence-electron chi connectivity index (χ1n) is 7.57. The highest BCUT2D eigenvalue weighted by Gasteiger charge is 2.31. The molecule has 0 atom stereocenters. The van der Waals surface area contributed by atoms with E-state index < -0.39 is 11.7 Å². The Labute approximate surface area is 140 Å². The number of nitrogens with one attached hydrogen (secondary N) is 1. The summed E-state index contributed by atoms with van der Waals surface area (Å²) in [5, 5.41) is 3.43. The van der Waals surface area contributed by atoms with Gasteiger partial charge in [0.05, 0.1) is 5.56 Å². The highest BCUT2D eigenvalue weighted by Crippen LogP contribution is 2.38. The Hall–Kier alpha value is -2.81. The zero-order chi connectivity index (χ0) is 17.8. The van der Waals surface area contributed by atoms with E-state index >= 15 is 0 Å². The highest BCUT2D eigenvalue weighted by atomic mass is 19.4. The van der Waals surface area contributed by atoms with Crippen LogP contribution in [0.5, 0.6) is 0 Å². The normalized spacial score (nSPS) is 16.1. The molecule has 0 saturated carbocycles. The fourth-order valence-corrected chi connectivity index (χ4v) is 2.94. The lowest BCUT2D eigenvalue weighted by Gasteiger charge is -2.30. The molecule has 4 rings (SSSR count). The maximum atomic E-state index is 13.0. The number of nitrogens with two attached hydrogens (primary N) is 1. The van der Waals surface area contributed by atoms with Gasteiger partial charge in [-0.3, -0.25) is 0 Å². The first-order valence-corrected chi connectivity index (χ1v) is 7.57. The number of hydrogen-bond donors (Lipinski definition) is 2. The quantitative estimate of drug-likeness (QED) is 0.703. The lowest BCUT2D eigenvalue weighted by molar-refractivity contribution is -0.137. The highest BCUT2D eigenvalue weighted by molar-refractivity contribution is 6.06. The Bertz CT molecular complexity index is 995. The third kappa shape index (κ3) is 2.56. The Morgan fingerprint density at radius 3 is 2.80 bits per heavy atom. The van der Waals surface area contributed by atoms with Gasteiger partial charge in [-0.1, -0.05) is 6.58 Å². The first-order chi connectivity index (χ1) is 11.8. The van der Waals surface area contributed by atoms with Crippen LogP contribution in [0.15, 0.2) is 34.9 Å². The van der Waals surface area contributed by atoms with Crippen LogP contribution in [0.3, 0.4) is 0 Å². The molecule has 0 amide bonds. The number of anilines is 2. The third-order valence-electron chi connectivity index (χ3n) is 4.12. The topological polar surface area (TPSA) is 80.2 Å². The number of alkyl halides is 3. The van der Waals surface area contributed by atoms with Gasteiger partial charge in [0.1, 0.15) is 11.1 Å². The number of aromatic nitrogens is 2. The Kier molecular flexibility index (Phi) is 3.36. The Morgan fingerprint density at radius 1 is 1.28 bits per heavy atom. The van der Waals surface area contributed by atoms with Gasteiger partial charge >= 0.3 is 6.18 Å². The molecule has 0 bridgehead atoms. The Morgan fingerprint density at radius 2 is 2.08 bits per heavy atom. The third-order valence-corrected chi connectivity index (χ3v) is 4.12. The number of furan rings is 1. The summed E-state index contributed by atoms with van der Waals surface area (Å²) >= 11 is 0. The van der Waals surface area contributed by atoms with Crippen LogP contribution in [0.2, 0.25) is 0 Å². The first kappa shape index (κ1) is 15.7. The molecule has 6 nitrogen and oxygen atoms in total.